The summed E-state index contributed by atoms with van der Waals surface area (Å²) in [5.74, 6) is -0.525. The molecule has 0 fully saturated rings. The van der Waals surface area contributed by atoms with E-state index in [1.807, 2.05) is 30.3 Å². The Kier molecular flexibility index (Phi) is 7.92. The summed E-state index contributed by atoms with van der Waals surface area (Å²) in [4.78, 5) is 24.3. The second kappa shape index (κ2) is 11.1. The first kappa shape index (κ1) is 22.2. The van der Waals surface area contributed by atoms with Crippen molar-refractivity contribution in [1.29, 1.82) is 0 Å². The van der Waals surface area contributed by atoms with Gasteiger partial charge in [0.25, 0.3) is 5.91 Å². The molecule has 7 heteroatoms. The third kappa shape index (κ3) is 7.37. The summed E-state index contributed by atoms with van der Waals surface area (Å²) in [6.45, 7) is 0.458. The van der Waals surface area contributed by atoms with E-state index in [2.05, 4.69) is 16.0 Å². The maximum Gasteiger partial charge on any atom is 0.251 e. The van der Waals surface area contributed by atoms with Crippen molar-refractivity contribution in [2.24, 2.45) is 0 Å². The molecule has 156 valence electrons. The van der Waals surface area contributed by atoms with E-state index in [0.29, 0.717) is 22.8 Å². The maximum atomic E-state index is 12.3. The fraction of sp³-hybridized carbons (Fsp3) is 0.0417. The predicted octanol–water partition coefficient (Wildman–Crippen LogP) is 4.80. The van der Waals surface area contributed by atoms with E-state index in [4.69, 9.17) is 23.8 Å². The van der Waals surface area contributed by atoms with Gasteiger partial charge in [-0.15, -0.1) is 0 Å². The molecule has 0 aliphatic heterocycles. The Morgan fingerprint density at radius 1 is 0.903 bits per heavy atom. The van der Waals surface area contributed by atoms with Crippen LogP contribution in [0, 0.1) is 0 Å². The third-order valence-electron chi connectivity index (χ3n) is 4.23. The maximum absolute atomic E-state index is 12.3. The summed E-state index contributed by atoms with van der Waals surface area (Å²) < 4.78 is 0. The van der Waals surface area contributed by atoms with Gasteiger partial charge in [0.05, 0.1) is 0 Å². The van der Waals surface area contributed by atoms with Crippen LogP contribution in [-0.4, -0.2) is 16.9 Å². The zero-order chi connectivity index (χ0) is 22.1. The molecule has 0 atom stereocenters. The number of thiocarbonyl (C=S) groups is 1. The lowest BCUT2D eigenvalue weighted by atomic mass is 10.2. The Hall–Kier alpha value is -3.48. The van der Waals surface area contributed by atoms with E-state index >= 15 is 0 Å². The quantitative estimate of drug-likeness (QED) is 0.373. The number of anilines is 1. The van der Waals surface area contributed by atoms with Gasteiger partial charge in [0, 0.05) is 28.9 Å². The lowest BCUT2D eigenvalue weighted by Gasteiger charge is -2.09. The standard InChI is InChI=1S/C24H20ClN3O2S/c25-20-11-6-17(7-12-20)8-15-22(29)28-24(31)27-21-13-9-19(10-14-21)23(30)26-16-18-4-2-1-3-5-18/h1-15H,16H2,(H,26,30)(H2,27,28,29,31)/b15-8+. The molecule has 0 aromatic heterocycles. The van der Waals surface area contributed by atoms with Gasteiger partial charge in [0.15, 0.2) is 5.11 Å². The second-order valence-electron chi connectivity index (χ2n) is 6.57. The molecule has 0 aliphatic rings. The van der Waals surface area contributed by atoms with Crippen LogP contribution >= 0.6 is 23.8 Å². The van der Waals surface area contributed by atoms with Gasteiger partial charge in [-0.3, -0.25) is 14.9 Å². The number of amides is 2. The molecule has 2 amide bonds. The molecule has 3 N–H and O–H groups in total. The zero-order valence-electron chi connectivity index (χ0n) is 16.5. The Morgan fingerprint density at radius 2 is 1.58 bits per heavy atom. The summed E-state index contributed by atoms with van der Waals surface area (Å²) in [6, 6.07) is 23.6. The molecule has 0 aliphatic carbocycles. The van der Waals surface area contributed by atoms with Gasteiger partial charge in [-0.25, -0.2) is 0 Å². The lowest BCUT2D eigenvalue weighted by molar-refractivity contribution is -0.115. The summed E-state index contributed by atoms with van der Waals surface area (Å²) in [6.07, 6.45) is 3.05. The number of benzene rings is 3. The van der Waals surface area contributed by atoms with Crippen molar-refractivity contribution in [3.05, 3.63) is 107 Å². The normalized spacial score (nSPS) is 10.5. The number of carbonyl (C=O) groups is 2. The average molecular weight is 450 g/mol. The minimum Gasteiger partial charge on any atom is -0.348 e. The van der Waals surface area contributed by atoms with Crippen LogP contribution in [-0.2, 0) is 11.3 Å². The summed E-state index contributed by atoms with van der Waals surface area (Å²) >= 11 is 11.0. The van der Waals surface area contributed by atoms with Crippen LogP contribution in [0.1, 0.15) is 21.5 Å². The fourth-order valence-corrected chi connectivity index (χ4v) is 2.99. The van der Waals surface area contributed by atoms with Gasteiger partial charge >= 0.3 is 0 Å². The van der Waals surface area contributed by atoms with Crippen molar-refractivity contribution in [3.8, 4) is 0 Å². The van der Waals surface area contributed by atoms with Crippen LogP contribution in [0.3, 0.4) is 0 Å². The number of rotatable bonds is 6. The summed E-state index contributed by atoms with van der Waals surface area (Å²) in [5, 5.41) is 9.16. The molecule has 31 heavy (non-hydrogen) atoms. The largest absolute Gasteiger partial charge is 0.348 e. The summed E-state index contributed by atoms with van der Waals surface area (Å²) in [5.41, 5.74) is 3.06. The highest BCUT2D eigenvalue weighted by molar-refractivity contribution is 7.80. The van der Waals surface area contributed by atoms with Gasteiger partial charge in [0.1, 0.15) is 0 Å². The fourth-order valence-electron chi connectivity index (χ4n) is 2.65. The van der Waals surface area contributed by atoms with Crippen molar-refractivity contribution in [2.45, 2.75) is 6.54 Å². The predicted molar refractivity (Wildman–Crippen MR) is 129 cm³/mol. The number of carbonyl (C=O) groups excluding carboxylic acids is 2. The lowest BCUT2D eigenvalue weighted by Crippen LogP contribution is -2.32. The topological polar surface area (TPSA) is 70.2 Å². The number of nitrogens with one attached hydrogen (secondary N) is 3. The Balaban J connectivity index is 1.47. The van der Waals surface area contributed by atoms with Gasteiger partial charge in [-0.2, -0.15) is 0 Å². The molecule has 0 bridgehead atoms. The number of hydrogen-bond donors (Lipinski definition) is 3. The highest BCUT2D eigenvalue weighted by Gasteiger charge is 2.06. The Morgan fingerprint density at radius 3 is 2.26 bits per heavy atom. The number of halogens is 1. The van der Waals surface area contributed by atoms with E-state index in [0.717, 1.165) is 11.1 Å². The van der Waals surface area contributed by atoms with E-state index < -0.39 is 0 Å². The van der Waals surface area contributed by atoms with Crippen LogP contribution < -0.4 is 16.0 Å². The molecule has 0 saturated carbocycles. The van der Waals surface area contributed by atoms with Gasteiger partial charge in [-0.1, -0.05) is 54.1 Å². The SMILES string of the molecule is O=C(/C=C/c1ccc(Cl)cc1)NC(=S)Nc1ccc(C(=O)NCc2ccccc2)cc1. The van der Waals surface area contributed by atoms with Crippen molar-refractivity contribution >= 4 is 52.5 Å². The molecule has 3 rings (SSSR count). The van der Waals surface area contributed by atoms with Gasteiger partial charge in [0.2, 0.25) is 5.91 Å². The van der Waals surface area contributed by atoms with Crippen LogP contribution in [0.4, 0.5) is 5.69 Å². The molecule has 5 nitrogen and oxygen atoms in total. The van der Waals surface area contributed by atoms with Crippen molar-refractivity contribution < 1.29 is 9.59 Å². The Labute approximate surface area is 191 Å². The Bertz CT molecular complexity index is 1080. The van der Waals surface area contributed by atoms with Crippen molar-refractivity contribution in [2.75, 3.05) is 5.32 Å². The minimum absolute atomic E-state index is 0.159. The zero-order valence-corrected chi connectivity index (χ0v) is 18.0. The highest BCUT2D eigenvalue weighted by atomic mass is 35.5. The second-order valence-corrected chi connectivity index (χ2v) is 7.42. The molecule has 0 radical (unpaired) electrons. The van der Waals surface area contributed by atoms with Crippen LogP contribution in [0.2, 0.25) is 5.02 Å². The number of hydrogen-bond acceptors (Lipinski definition) is 3. The molecular weight excluding hydrogens is 430 g/mol. The highest BCUT2D eigenvalue weighted by Crippen LogP contribution is 2.11. The van der Waals surface area contributed by atoms with E-state index in [1.54, 1.807) is 54.6 Å². The van der Waals surface area contributed by atoms with Crippen LogP contribution in [0.25, 0.3) is 6.08 Å². The first-order valence-electron chi connectivity index (χ1n) is 9.47. The molecule has 0 saturated heterocycles. The average Bonchev–Trinajstić information content (AvgIpc) is 2.78. The van der Waals surface area contributed by atoms with Crippen molar-refractivity contribution in [3.63, 3.8) is 0 Å². The molecular formula is C24H20ClN3O2S. The van der Waals surface area contributed by atoms with Crippen LogP contribution in [0.5, 0.6) is 0 Å². The van der Waals surface area contributed by atoms with E-state index in [-0.39, 0.29) is 16.9 Å². The molecule has 3 aromatic carbocycles. The van der Waals surface area contributed by atoms with Crippen LogP contribution in [0.15, 0.2) is 84.9 Å². The molecule has 0 spiro atoms. The smallest absolute Gasteiger partial charge is 0.251 e. The molecule has 3 aromatic rings. The first-order valence-corrected chi connectivity index (χ1v) is 10.3. The molecule has 0 heterocycles. The van der Waals surface area contributed by atoms with E-state index in [9.17, 15) is 9.59 Å². The minimum atomic E-state index is -0.357. The van der Waals surface area contributed by atoms with E-state index in [1.165, 1.54) is 6.08 Å². The van der Waals surface area contributed by atoms with Gasteiger partial charge in [-0.05, 0) is 65.8 Å². The molecule has 0 unspecified atom stereocenters. The van der Waals surface area contributed by atoms with Crippen molar-refractivity contribution in [1.82, 2.24) is 10.6 Å². The first-order chi connectivity index (χ1) is 15.0. The van der Waals surface area contributed by atoms with Gasteiger partial charge < -0.3 is 10.6 Å². The third-order valence-corrected chi connectivity index (χ3v) is 4.69. The monoisotopic (exact) mass is 449 g/mol. The summed E-state index contributed by atoms with van der Waals surface area (Å²) in [7, 11) is 0.